The van der Waals surface area contributed by atoms with E-state index in [0.717, 1.165) is 6.92 Å². The van der Waals surface area contributed by atoms with E-state index in [4.69, 9.17) is 9.90 Å². The zero-order valence-corrected chi connectivity index (χ0v) is 13.0. The SMILES string of the molecule is CC(=O)O.CCCNCCC.CCCNCCC. The van der Waals surface area contributed by atoms with Crippen molar-refractivity contribution in [3.05, 3.63) is 0 Å². The standard InChI is InChI=1S/2C6H15N.C2H4O2/c2*1-3-5-7-6-4-2;1-2(3)4/h2*7H,3-6H2,1-2H3;1H3,(H,3,4). The number of carboxylic acid groups (broad SMARTS) is 1. The summed E-state index contributed by atoms with van der Waals surface area (Å²) in [4.78, 5) is 9.00. The molecule has 0 bridgehead atoms. The third-order valence-electron chi connectivity index (χ3n) is 1.71. The van der Waals surface area contributed by atoms with Crippen molar-refractivity contribution in [1.82, 2.24) is 10.6 Å². The van der Waals surface area contributed by atoms with Gasteiger partial charge in [0.05, 0.1) is 0 Å². The number of aliphatic carboxylic acids is 1. The molecule has 0 saturated heterocycles. The summed E-state index contributed by atoms with van der Waals surface area (Å²) in [5.41, 5.74) is 0. The van der Waals surface area contributed by atoms with Gasteiger partial charge in [-0.3, -0.25) is 4.79 Å². The molecule has 0 rings (SSSR count). The molecule has 0 spiro atoms. The highest BCUT2D eigenvalue weighted by Crippen LogP contribution is 1.72. The Hall–Kier alpha value is -0.610. The van der Waals surface area contributed by atoms with Gasteiger partial charge < -0.3 is 15.7 Å². The molecule has 18 heavy (non-hydrogen) atoms. The van der Waals surface area contributed by atoms with Crippen LogP contribution in [0.5, 0.6) is 0 Å². The lowest BCUT2D eigenvalue weighted by molar-refractivity contribution is -0.134. The first-order valence-electron chi connectivity index (χ1n) is 7.17. The summed E-state index contributed by atoms with van der Waals surface area (Å²) in [6.07, 6.45) is 5.00. The molecule has 0 atom stereocenters. The molecule has 0 aliphatic rings. The molecule has 112 valence electrons. The van der Waals surface area contributed by atoms with E-state index in [-0.39, 0.29) is 0 Å². The molecule has 0 saturated carbocycles. The maximum atomic E-state index is 9.00. The van der Waals surface area contributed by atoms with Crippen molar-refractivity contribution in [2.75, 3.05) is 26.2 Å². The summed E-state index contributed by atoms with van der Waals surface area (Å²) in [5, 5.41) is 14.0. The molecule has 0 aromatic heterocycles. The van der Waals surface area contributed by atoms with E-state index in [2.05, 4.69) is 38.3 Å². The maximum Gasteiger partial charge on any atom is 0.300 e. The van der Waals surface area contributed by atoms with Crippen LogP contribution in [-0.4, -0.2) is 37.3 Å². The quantitative estimate of drug-likeness (QED) is 0.589. The van der Waals surface area contributed by atoms with Crippen molar-refractivity contribution in [2.24, 2.45) is 0 Å². The van der Waals surface area contributed by atoms with E-state index in [9.17, 15) is 0 Å². The minimum absolute atomic E-state index is 0.833. The largest absolute Gasteiger partial charge is 0.481 e. The van der Waals surface area contributed by atoms with E-state index in [0.29, 0.717) is 0 Å². The smallest absolute Gasteiger partial charge is 0.300 e. The molecular weight excluding hydrogens is 228 g/mol. The first-order chi connectivity index (χ1) is 8.56. The normalized spacial score (nSPS) is 8.72. The third kappa shape index (κ3) is 58.4. The molecule has 0 aliphatic carbocycles. The molecule has 0 aromatic rings. The minimum atomic E-state index is -0.833. The Morgan fingerprint density at radius 3 is 1.06 bits per heavy atom. The number of carbonyl (C=O) groups is 1. The first-order valence-corrected chi connectivity index (χ1v) is 7.17. The number of nitrogens with one attached hydrogen (secondary N) is 2. The van der Waals surface area contributed by atoms with Gasteiger partial charge >= 0.3 is 0 Å². The van der Waals surface area contributed by atoms with Gasteiger partial charge in [-0.05, 0) is 51.9 Å². The number of hydrogen-bond acceptors (Lipinski definition) is 3. The van der Waals surface area contributed by atoms with E-state index in [1.165, 1.54) is 51.9 Å². The zero-order valence-electron chi connectivity index (χ0n) is 13.0. The number of carboxylic acids is 1. The fraction of sp³-hybridized carbons (Fsp3) is 0.929. The summed E-state index contributed by atoms with van der Waals surface area (Å²) in [7, 11) is 0. The second kappa shape index (κ2) is 25.3. The molecule has 4 nitrogen and oxygen atoms in total. The van der Waals surface area contributed by atoms with Crippen LogP contribution >= 0.6 is 0 Å². The minimum Gasteiger partial charge on any atom is -0.481 e. The number of rotatable bonds is 8. The first kappa shape index (κ1) is 22.6. The van der Waals surface area contributed by atoms with Crippen LogP contribution in [0.4, 0.5) is 0 Å². The van der Waals surface area contributed by atoms with Gasteiger partial charge in [0, 0.05) is 6.92 Å². The molecule has 0 aliphatic heterocycles. The molecule has 0 radical (unpaired) electrons. The van der Waals surface area contributed by atoms with Gasteiger partial charge in [0.15, 0.2) is 0 Å². The van der Waals surface area contributed by atoms with Crippen molar-refractivity contribution < 1.29 is 9.90 Å². The van der Waals surface area contributed by atoms with Crippen molar-refractivity contribution >= 4 is 5.97 Å². The molecule has 4 heteroatoms. The summed E-state index contributed by atoms with van der Waals surface area (Å²) >= 11 is 0. The van der Waals surface area contributed by atoms with E-state index < -0.39 is 5.97 Å². The fourth-order valence-corrected chi connectivity index (χ4v) is 0.957. The number of hydrogen-bond donors (Lipinski definition) is 3. The summed E-state index contributed by atoms with van der Waals surface area (Å²) in [5.74, 6) is -0.833. The molecule has 0 unspecified atom stereocenters. The van der Waals surface area contributed by atoms with Crippen LogP contribution in [0.15, 0.2) is 0 Å². The molecule has 0 heterocycles. The van der Waals surface area contributed by atoms with Crippen LogP contribution in [0.2, 0.25) is 0 Å². The molecule has 0 aromatic carbocycles. The van der Waals surface area contributed by atoms with Gasteiger partial charge in [0.25, 0.3) is 5.97 Å². The predicted molar refractivity (Wildman–Crippen MR) is 80.2 cm³/mol. The van der Waals surface area contributed by atoms with E-state index in [1.807, 2.05) is 0 Å². The Morgan fingerprint density at radius 1 is 0.778 bits per heavy atom. The van der Waals surface area contributed by atoms with E-state index in [1.54, 1.807) is 0 Å². The van der Waals surface area contributed by atoms with Crippen molar-refractivity contribution in [3.8, 4) is 0 Å². The van der Waals surface area contributed by atoms with Crippen LogP contribution in [-0.2, 0) is 4.79 Å². The zero-order chi connectivity index (χ0) is 14.6. The fourth-order valence-electron chi connectivity index (χ4n) is 0.957. The summed E-state index contributed by atoms with van der Waals surface area (Å²) in [6.45, 7) is 14.5. The van der Waals surface area contributed by atoms with Gasteiger partial charge in [-0.25, -0.2) is 0 Å². The molecule has 0 amide bonds. The molecule has 0 fully saturated rings. The lowest BCUT2D eigenvalue weighted by Gasteiger charge is -1.95. The summed E-state index contributed by atoms with van der Waals surface area (Å²) < 4.78 is 0. The highest BCUT2D eigenvalue weighted by Gasteiger charge is 1.77. The van der Waals surface area contributed by atoms with Gasteiger partial charge in [-0.2, -0.15) is 0 Å². The van der Waals surface area contributed by atoms with Crippen molar-refractivity contribution in [2.45, 2.75) is 60.3 Å². The van der Waals surface area contributed by atoms with Crippen molar-refractivity contribution in [1.29, 1.82) is 0 Å². The van der Waals surface area contributed by atoms with E-state index >= 15 is 0 Å². The lowest BCUT2D eigenvalue weighted by atomic mass is 10.4. The average molecular weight is 262 g/mol. The van der Waals surface area contributed by atoms with Crippen molar-refractivity contribution in [3.63, 3.8) is 0 Å². The Kier molecular flexibility index (Phi) is 31.7. The third-order valence-corrected chi connectivity index (χ3v) is 1.71. The Bertz CT molecular complexity index is 120. The van der Waals surface area contributed by atoms with Crippen LogP contribution in [0.1, 0.15) is 60.3 Å². The average Bonchev–Trinajstić information content (AvgIpc) is 2.31. The van der Waals surface area contributed by atoms with Crippen LogP contribution in [0.25, 0.3) is 0 Å². The summed E-state index contributed by atoms with van der Waals surface area (Å²) in [6, 6.07) is 0. The van der Waals surface area contributed by atoms with Crippen LogP contribution in [0.3, 0.4) is 0 Å². The second-order valence-electron chi connectivity index (χ2n) is 4.02. The Labute approximate surface area is 114 Å². The second-order valence-corrected chi connectivity index (χ2v) is 4.02. The Morgan fingerprint density at radius 2 is 0.944 bits per heavy atom. The van der Waals surface area contributed by atoms with Crippen LogP contribution < -0.4 is 10.6 Å². The highest BCUT2D eigenvalue weighted by atomic mass is 16.4. The van der Waals surface area contributed by atoms with Gasteiger partial charge in [0.1, 0.15) is 0 Å². The monoisotopic (exact) mass is 262 g/mol. The topological polar surface area (TPSA) is 61.4 Å². The van der Waals surface area contributed by atoms with Crippen LogP contribution in [0, 0.1) is 0 Å². The maximum absolute atomic E-state index is 9.00. The Balaban J connectivity index is -0.000000196. The van der Waals surface area contributed by atoms with Gasteiger partial charge in [-0.15, -0.1) is 0 Å². The predicted octanol–water partition coefficient (Wildman–Crippen LogP) is 2.88. The molecular formula is C14H34N2O2. The lowest BCUT2D eigenvalue weighted by Crippen LogP contribution is -2.14. The molecule has 3 N–H and O–H groups in total. The van der Waals surface area contributed by atoms with Gasteiger partial charge in [0.2, 0.25) is 0 Å². The van der Waals surface area contributed by atoms with Gasteiger partial charge in [-0.1, -0.05) is 27.7 Å². The highest BCUT2D eigenvalue weighted by molar-refractivity contribution is 5.62.